The lowest BCUT2D eigenvalue weighted by molar-refractivity contribution is -0.142. The topological polar surface area (TPSA) is 87.7 Å². The largest absolute Gasteiger partial charge is 0.359 e. The van der Waals surface area contributed by atoms with Gasteiger partial charge in [-0.25, -0.2) is 4.39 Å². The second kappa shape index (κ2) is 10.4. The quantitative estimate of drug-likeness (QED) is 0.504. The molecule has 216 valence electrons. The van der Waals surface area contributed by atoms with Crippen molar-refractivity contribution in [2.75, 3.05) is 5.32 Å². The number of hydrogen-bond donors (Lipinski definition) is 2. The first-order valence-electron chi connectivity index (χ1n) is 14.7. The summed E-state index contributed by atoms with van der Waals surface area (Å²) in [5.74, 6) is -2.42. The average molecular weight is 560 g/mol. The van der Waals surface area contributed by atoms with Crippen molar-refractivity contribution in [3.05, 3.63) is 77.1 Å². The fourth-order valence-electron chi connectivity index (χ4n) is 7.57. The molecular weight excluding hydrogens is 521 g/mol. The van der Waals surface area contributed by atoms with Crippen molar-refractivity contribution >= 4 is 23.4 Å². The number of nitrogens with one attached hydrogen (secondary N) is 2. The molecule has 8 atom stereocenters. The van der Waals surface area contributed by atoms with Gasteiger partial charge in [-0.2, -0.15) is 0 Å². The number of carbonyl (C=O) groups is 3. The lowest BCUT2D eigenvalue weighted by atomic mass is 9.73. The molecule has 3 amide bonds. The van der Waals surface area contributed by atoms with Gasteiger partial charge in [0.15, 0.2) is 0 Å². The van der Waals surface area contributed by atoms with Crippen LogP contribution in [0.15, 0.2) is 54.6 Å². The molecule has 2 N–H and O–H groups in total. The molecule has 3 aliphatic heterocycles. The summed E-state index contributed by atoms with van der Waals surface area (Å²) in [5, 5.41) is 6.23. The Balaban J connectivity index is 1.34. The average Bonchev–Trinajstić information content (AvgIpc) is 3.55. The van der Waals surface area contributed by atoms with Crippen molar-refractivity contribution < 1.29 is 23.5 Å². The maximum absolute atomic E-state index is 14.8. The molecule has 7 nitrogen and oxygen atoms in total. The van der Waals surface area contributed by atoms with Gasteiger partial charge in [0.2, 0.25) is 17.7 Å². The maximum atomic E-state index is 14.8. The number of ether oxygens (including phenoxy) is 1. The van der Waals surface area contributed by atoms with Crippen LogP contribution < -0.4 is 10.6 Å². The fourth-order valence-corrected chi connectivity index (χ4v) is 7.57. The minimum atomic E-state index is -1.30. The van der Waals surface area contributed by atoms with E-state index in [9.17, 15) is 18.8 Å². The zero-order valence-corrected chi connectivity index (χ0v) is 24.0. The maximum Gasteiger partial charge on any atom is 0.246 e. The Morgan fingerprint density at radius 3 is 2.54 bits per heavy atom. The predicted molar refractivity (Wildman–Crippen MR) is 153 cm³/mol. The van der Waals surface area contributed by atoms with E-state index >= 15 is 0 Å². The molecule has 1 aliphatic carbocycles. The van der Waals surface area contributed by atoms with E-state index < -0.39 is 35.4 Å². The van der Waals surface area contributed by atoms with Crippen LogP contribution in [0.4, 0.5) is 10.1 Å². The number of rotatable bonds is 6. The van der Waals surface area contributed by atoms with Gasteiger partial charge in [0.05, 0.1) is 17.9 Å². The van der Waals surface area contributed by atoms with Crippen LogP contribution in [-0.4, -0.2) is 46.4 Å². The first-order valence-corrected chi connectivity index (χ1v) is 14.7. The molecule has 0 radical (unpaired) electrons. The molecule has 2 saturated heterocycles. The van der Waals surface area contributed by atoms with Crippen LogP contribution in [0.25, 0.3) is 0 Å². The molecule has 3 heterocycles. The summed E-state index contributed by atoms with van der Waals surface area (Å²) >= 11 is 0. The van der Waals surface area contributed by atoms with E-state index in [0.29, 0.717) is 17.2 Å². The van der Waals surface area contributed by atoms with E-state index in [1.807, 2.05) is 32.0 Å². The molecule has 1 saturated carbocycles. The van der Waals surface area contributed by atoms with Crippen molar-refractivity contribution in [2.45, 2.75) is 77.3 Å². The number of fused-ring (bicyclic) bond motifs is 1. The Morgan fingerprint density at radius 2 is 1.80 bits per heavy atom. The van der Waals surface area contributed by atoms with Gasteiger partial charge >= 0.3 is 0 Å². The Hall–Kier alpha value is -3.52. The van der Waals surface area contributed by atoms with E-state index in [2.05, 4.69) is 24.5 Å². The van der Waals surface area contributed by atoms with Gasteiger partial charge in [0, 0.05) is 23.8 Å². The Bertz CT molecular complexity index is 1400. The van der Waals surface area contributed by atoms with Gasteiger partial charge in [0.25, 0.3) is 0 Å². The smallest absolute Gasteiger partial charge is 0.246 e. The number of nitrogens with zero attached hydrogens (tertiary/aromatic N) is 1. The predicted octanol–water partition coefficient (Wildman–Crippen LogP) is 4.67. The summed E-state index contributed by atoms with van der Waals surface area (Å²) in [5.41, 5.74) is 1.68. The first kappa shape index (κ1) is 27.6. The highest BCUT2D eigenvalue weighted by Crippen LogP contribution is 2.55. The summed E-state index contributed by atoms with van der Waals surface area (Å²) < 4.78 is 21.3. The minimum absolute atomic E-state index is 0.0293. The molecule has 6 rings (SSSR count). The number of amides is 3. The fraction of sp³-hybridized carbons (Fsp3) is 0.485. The van der Waals surface area contributed by atoms with Crippen LogP contribution in [-0.2, 0) is 25.7 Å². The number of anilines is 1. The third-order valence-electron chi connectivity index (χ3n) is 9.75. The Kier molecular flexibility index (Phi) is 7.00. The molecule has 3 fully saturated rings. The van der Waals surface area contributed by atoms with Crippen molar-refractivity contribution in [1.82, 2.24) is 10.2 Å². The molecule has 4 aliphatic rings. The molecule has 2 aromatic rings. The number of halogens is 1. The standard InChI is InChI=1S/C33H38FN3O4/c1-18-14-19(2)16-23(15-18)35-30(38)27-26-12-13-33(41-26)28(27)32(40)37(17-22-9-5-6-10-24(22)34)29(33)31(39)36-25-11-7-8-20(3)21(25)4/h5-6,9-10,12-16,20-21,25-29H,7-8,11,17H2,1-4H3,(H,35,38)(H,36,39)/t20-,21+,25-,26+,27-,28+,29+,33+/m1/s1. The van der Waals surface area contributed by atoms with Crippen LogP contribution in [0, 0.1) is 43.3 Å². The monoisotopic (exact) mass is 559 g/mol. The number of hydrogen-bond acceptors (Lipinski definition) is 4. The van der Waals surface area contributed by atoms with Gasteiger partial charge in [0.1, 0.15) is 17.5 Å². The third-order valence-corrected chi connectivity index (χ3v) is 9.75. The summed E-state index contributed by atoms with van der Waals surface area (Å²) in [6.45, 7) is 8.17. The van der Waals surface area contributed by atoms with Crippen molar-refractivity contribution in [3.8, 4) is 0 Å². The number of benzene rings is 2. The normalized spacial score (nSPS) is 33.6. The molecule has 0 aromatic heterocycles. The van der Waals surface area contributed by atoms with E-state index in [4.69, 9.17) is 4.74 Å². The highest BCUT2D eigenvalue weighted by atomic mass is 19.1. The van der Waals surface area contributed by atoms with E-state index in [0.717, 1.165) is 30.4 Å². The molecule has 1 spiro atoms. The second-order valence-corrected chi connectivity index (χ2v) is 12.5. The summed E-state index contributed by atoms with van der Waals surface area (Å²) in [7, 11) is 0. The number of aryl methyl sites for hydroxylation is 2. The van der Waals surface area contributed by atoms with Crippen LogP contribution in [0.2, 0.25) is 0 Å². The third kappa shape index (κ3) is 4.66. The van der Waals surface area contributed by atoms with Gasteiger partial charge in [-0.15, -0.1) is 0 Å². The molecule has 0 unspecified atom stereocenters. The molecular formula is C33H38FN3O4. The summed E-state index contributed by atoms with van der Waals surface area (Å²) in [6, 6.07) is 11.0. The Morgan fingerprint density at radius 1 is 1.07 bits per heavy atom. The highest BCUT2D eigenvalue weighted by Gasteiger charge is 2.72. The van der Waals surface area contributed by atoms with Gasteiger partial charge in [-0.3, -0.25) is 14.4 Å². The Labute approximate surface area is 240 Å². The van der Waals surface area contributed by atoms with Gasteiger partial charge in [-0.1, -0.05) is 63.1 Å². The van der Waals surface area contributed by atoms with Crippen molar-refractivity contribution in [1.29, 1.82) is 0 Å². The number of carbonyl (C=O) groups excluding carboxylic acids is 3. The molecule has 41 heavy (non-hydrogen) atoms. The van der Waals surface area contributed by atoms with Crippen LogP contribution in [0.1, 0.15) is 49.8 Å². The number of likely N-dealkylation sites (tertiary alicyclic amines) is 1. The van der Waals surface area contributed by atoms with Crippen LogP contribution >= 0.6 is 0 Å². The first-order chi connectivity index (χ1) is 19.6. The van der Waals surface area contributed by atoms with E-state index in [-0.39, 0.29) is 36.2 Å². The van der Waals surface area contributed by atoms with Gasteiger partial charge in [-0.05, 0) is 61.4 Å². The second-order valence-electron chi connectivity index (χ2n) is 12.5. The zero-order chi connectivity index (χ0) is 29.1. The molecule has 8 heteroatoms. The SMILES string of the molecule is Cc1cc(C)cc(NC(=O)[C@@H]2[C@@H]3C=C[C@]4(O3)[C@@H]2C(=O)N(Cc2ccccc2F)[C@H]4C(=O)N[C@@H]2CCC[C@@H](C)[C@@H]2C)c1. The summed E-state index contributed by atoms with van der Waals surface area (Å²) in [6.07, 6.45) is 5.96. The highest BCUT2D eigenvalue weighted by molar-refractivity contribution is 6.02. The van der Waals surface area contributed by atoms with Crippen LogP contribution in [0.3, 0.4) is 0 Å². The lowest BCUT2D eigenvalue weighted by Crippen LogP contribution is -2.57. The van der Waals surface area contributed by atoms with Gasteiger partial charge < -0.3 is 20.3 Å². The van der Waals surface area contributed by atoms with Crippen molar-refractivity contribution in [2.24, 2.45) is 23.7 Å². The molecule has 2 aromatic carbocycles. The van der Waals surface area contributed by atoms with Crippen molar-refractivity contribution in [3.63, 3.8) is 0 Å². The van der Waals surface area contributed by atoms with E-state index in [1.165, 1.54) is 11.0 Å². The minimum Gasteiger partial charge on any atom is -0.359 e. The lowest BCUT2D eigenvalue weighted by Gasteiger charge is -2.38. The molecule has 2 bridgehead atoms. The summed E-state index contributed by atoms with van der Waals surface area (Å²) in [4.78, 5) is 43.5. The van der Waals surface area contributed by atoms with Crippen LogP contribution in [0.5, 0.6) is 0 Å². The van der Waals surface area contributed by atoms with E-state index in [1.54, 1.807) is 30.4 Å². The zero-order valence-electron chi connectivity index (χ0n) is 24.0.